The minimum atomic E-state index is -0.257. The highest BCUT2D eigenvalue weighted by atomic mass is 15.3. The zero-order valence-electron chi connectivity index (χ0n) is 13.4. The zero-order chi connectivity index (χ0) is 14.6. The van der Waals surface area contributed by atoms with Gasteiger partial charge in [0.25, 0.3) is 0 Å². The number of nitrogens with one attached hydrogen (secondary N) is 1. The number of rotatable bonds is 5. The lowest BCUT2D eigenvalue weighted by molar-refractivity contribution is 0.0725. The lowest BCUT2D eigenvalue weighted by Gasteiger charge is -2.40. The van der Waals surface area contributed by atoms with Crippen molar-refractivity contribution in [3.8, 4) is 6.07 Å². The molecule has 0 bridgehead atoms. The molecule has 1 N–H and O–H groups in total. The van der Waals surface area contributed by atoms with E-state index in [0.29, 0.717) is 12.1 Å². The van der Waals surface area contributed by atoms with Crippen molar-refractivity contribution in [3.63, 3.8) is 0 Å². The molecule has 1 saturated heterocycles. The van der Waals surface area contributed by atoms with E-state index in [0.717, 1.165) is 19.4 Å². The highest BCUT2D eigenvalue weighted by molar-refractivity contribution is 5.13. The first-order valence-electron chi connectivity index (χ1n) is 8.28. The van der Waals surface area contributed by atoms with Crippen LogP contribution in [0, 0.1) is 11.3 Å². The molecule has 0 amide bonds. The van der Waals surface area contributed by atoms with Crippen molar-refractivity contribution in [2.24, 2.45) is 0 Å². The summed E-state index contributed by atoms with van der Waals surface area (Å²) in [7, 11) is 0. The molecular weight excluding hydrogens is 248 g/mol. The van der Waals surface area contributed by atoms with Gasteiger partial charge in [-0.25, -0.2) is 0 Å². The van der Waals surface area contributed by atoms with Crippen LogP contribution in [0.2, 0.25) is 0 Å². The third-order valence-electron chi connectivity index (χ3n) is 5.30. The standard InChI is InChI=1S/C16H30N4/c1-4-14(3)19-8-10-20(11-9-19)15-6-7-16(12-15,13-17)18-5-2/h14-15,18H,4-12H2,1-3H3. The molecule has 2 rings (SSSR count). The third-order valence-corrected chi connectivity index (χ3v) is 5.30. The first-order chi connectivity index (χ1) is 9.64. The molecule has 20 heavy (non-hydrogen) atoms. The molecule has 4 heteroatoms. The fourth-order valence-corrected chi connectivity index (χ4v) is 3.77. The van der Waals surface area contributed by atoms with Crippen LogP contribution in [0.5, 0.6) is 0 Å². The monoisotopic (exact) mass is 278 g/mol. The maximum Gasteiger partial charge on any atom is 0.108 e. The Hall–Kier alpha value is -0.630. The first kappa shape index (κ1) is 15.8. The first-order valence-corrected chi connectivity index (χ1v) is 8.28. The molecule has 0 aromatic heterocycles. The maximum atomic E-state index is 9.47. The second kappa shape index (κ2) is 6.89. The van der Waals surface area contributed by atoms with Gasteiger partial charge in [0, 0.05) is 38.3 Å². The van der Waals surface area contributed by atoms with Crippen LogP contribution >= 0.6 is 0 Å². The molecule has 0 spiro atoms. The predicted molar refractivity (Wildman–Crippen MR) is 82.6 cm³/mol. The highest BCUT2D eigenvalue weighted by Gasteiger charge is 2.41. The molecule has 1 aliphatic carbocycles. The molecule has 2 fully saturated rings. The normalized spacial score (nSPS) is 34.0. The lowest BCUT2D eigenvalue weighted by atomic mass is 9.99. The van der Waals surface area contributed by atoms with E-state index < -0.39 is 0 Å². The largest absolute Gasteiger partial charge is 0.300 e. The van der Waals surface area contributed by atoms with Gasteiger partial charge in [-0.15, -0.1) is 0 Å². The highest BCUT2D eigenvalue weighted by Crippen LogP contribution is 2.33. The minimum absolute atomic E-state index is 0.257. The molecule has 0 radical (unpaired) electrons. The Morgan fingerprint density at radius 2 is 2.00 bits per heavy atom. The summed E-state index contributed by atoms with van der Waals surface area (Å²) < 4.78 is 0. The Balaban J connectivity index is 1.85. The van der Waals surface area contributed by atoms with E-state index in [1.165, 1.54) is 39.0 Å². The summed E-state index contributed by atoms with van der Waals surface area (Å²) >= 11 is 0. The van der Waals surface area contributed by atoms with Gasteiger partial charge in [-0.2, -0.15) is 5.26 Å². The Kier molecular flexibility index (Phi) is 5.42. The molecule has 1 saturated carbocycles. The predicted octanol–water partition coefficient (Wildman–Crippen LogP) is 1.83. The second-order valence-corrected chi connectivity index (χ2v) is 6.45. The molecule has 3 atom stereocenters. The average Bonchev–Trinajstić information content (AvgIpc) is 2.92. The smallest absolute Gasteiger partial charge is 0.108 e. The Bertz CT molecular complexity index is 343. The Morgan fingerprint density at radius 1 is 1.30 bits per heavy atom. The second-order valence-electron chi connectivity index (χ2n) is 6.45. The summed E-state index contributed by atoms with van der Waals surface area (Å²) in [5.41, 5.74) is -0.257. The lowest BCUT2D eigenvalue weighted by Crippen LogP contribution is -2.53. The summed E-state index contributed by atoms with van der Waals surface area (Å²) in [4.78, 5) is 5.22. The maximum absolute atomic E-state index is 9.47. The van der Waals surface area contributed by atoms with Gasteiger partial charge in [0.05, 0.1) is 6.07 Å². The van der Waals surface area contributed by atoms with Gasteiger partial charge in [0.1, 0.15) is 5.54 Å². The molecule has 1 heterocycles. The van der Waals surface area contributed by atoms with E-state index in [-0.39, 0.29) is 5.54 Å². The van der Waals surface area contributed by atoms with Crippen LogP contribution in [0.4, 0.5) is 0 Å². The van der Waals surface area contributed by atoms with Crippen molar-refractivity contribution in [1.82, 2.24) is 15.1 Å². The topological polar surface area (TPSA) is 42.3 Å². The van der Waals surface area contributed by atoms with Crippen molar-refractivity contribution in [3.05, 3.63) is 0 Å². The minimum Gasteiger partial charge on any atom is -0.300 e. The van der Waals surface area contributed by atoms with E-state index in [2.05, 4.69) is 42.0 Å². The Labute approximate surface area is 124 Å². The van der Waals surface area contributed by atoms with Crippen molar-refractivity contribution >= 4 is 0 Å². The van der Waals surface area contributed by atoms with Gasteiger partial charge >= 0.3 is 0 Å². The van der Waals surface area contributed by atoms with E-state index in [4.69, 9.17) is 0 Å². The molecule has 114 valence electrons. The van der Waals surface area contributed by atoms with Crippen LogP contribution < -0.4 is 5.32 Å². The van der Waals surface area contributed by atoms with Crippen LogP contribution in [0.3, 0.4) is 0 Å². The fourth-order valence-electron chi connectivity index (χ4n) is 3.77. The van der Waals surface area contributed by atoms with Crippen LogP contribution in [0.1, 0.15) is 46.5 Å². The molecular formula is C16H30N4. The number of hydrogen-bond acceptors (Lipinski definition) is 4. The quantitative estimate of drug-likeness (QED) is 0.833. The summed E-state index contributed by atoms with van der Waals surface area (Å²) in [5, 5.41) is 12.9. The van der Waals surface area contributed by atoms with E-state index in [1.54, 1.807) is 0 Å². The van der Waals surface area contributed by atoms with Crippen molar-refractivity contribution in [2.45, 2.75) is 64.1 Å². The van der Waals surface area contributed by atoms with Gasteiger partial charge in [-0.3, -0.25) is 15.1 Å². The summed E-state index contributed by atoms with van der Waals surface area (Å²) in [6.45, 7) is 12.3. The molecule has 0 aromatic rings. The molecule has 4 nitrogen and oxygen atoms in total. The average molecular weight is 278 g/mol. The van der Waals surface area contributed by atoms with Crippen molar-refractivity contribution < 1.29 is 0 Å². The van der Waals surface area contributed by atoms with Gasteiger partial charge in [-0.05, 0) is 39.2 Å². The van der Waals surface area contributed by atoms with Crippen LogP contribution in [-0.2, 0) is 0 Å². The van der Waals surface area contributed by atoms with Crippen molar-refractivity contribution in [2.75, 3.05) is 32.7 Å². The molecule has 1 aliphatic heterocycles. The van der Waals surface area contributed by atoms with Gasteiger partial charge in [0.15, 0.2) is 0 Å². The zero-order valence-corrected chi connectivity index (χ0v) is 13.4. The van der Waals surface area contributed by atoms with Crippen LogP contribution in [0.15, 0.2) is 0 Å². The van der Waals surface area contributed by atoms with Crippen molar-refractivity contribution in [1.29, 1.82) is 5.26 Å². The van der Waals surface area contributed by atoms with E-state index >= 15 is 0 Å². The summed E-state index contributed by atoms with van der Waals surface area (Å²) in [6, 6.07) is 3.85. The SMILES string of the molecule is CCNC1(C#N)CCC(N2CCN(C(C)CC)CC2)C1. The number of nitrogens with zero attached hydrogens (tertiary/aromatic N) is 3. The Morgan fingerprint density at radius 3 is 2.55 bits per heavy atom. The van der Waals surface area contributed by atoms with Gasteiger partial charge in [-0.1, -0.05) is 13.8 Å². The van der Waals surface area contributed by atoms with E-state index in [9.17, 15) is 5.26 Å². The number of nitriles is 1. The van der Waals surface area contributed by atoms with Gasteiger partial charge < -0.3 is 0 Å². The molecule has 2 aliphatic rings. The third kappa shape index (κ3) is 3.33. The molecule has 0 aromatic carbocycles. The summed E-state index contributed by atoms with van der Waals surface area (Å²) in [6.07, 6.45) is 4.42. The number of hydrogen-bond donors (Lipinski definition) is 1. The molecule has 3 unspecified atom stereocenters. The fraction of sp³-hybridized carbons (Fsp3) is 0.938. The summed E-state index contributed by atoms with van der Waals surface area (Å²) in [5.74, 6) is 0. The van der Waals surface area contributed by atoms with Crippen LogP contribution in [0.25, 0.3) is 0 Å². The number of piperazine rings is 1. The van der Waals surface area contributed by atoms with Gasteiger partial charge in [0.2, 0.25) is 0 Å². The van der Waals surface area contributed by atoms with E-state index in [1.807, 2.05) is 0 Å². The van der Waals surface area contributed by atoms with Crippen LogP contribution in [-0.4, -0.2) is 60.1 Å².